The van der Waals surface area contributed by atoms with Gasteiger partial charge in [0, 0.05) is 0 Å². The van der Waals surface area contributed by atoms with E-state index < -0.39 is 0 Å². The van der Waals surface area contributed by atoms with E-state index >= 15 is 0 Å². The van der Waals surface area contributed by atoms with Crippen LogP contribution in [0, 0.1) is 0 Å². The standard InChI is InChI=1S/C14H14BrCl2NO/c1-2-7-18-14(12-5-6-13(15)19-12)9-3-4-10(16)11(17)8-9/h3-6,8,14,18H,2,7H2,1H3. The average Bonchev–Trinajstić information content (AvgIpc) is 2.80. The molecule has 19 heavy (non-hydrogen) atoms. The van der Waals surface area contributed by atoms with Crippen LogP contribution in [0.25, 0.3) is 0 Å². The smallest absolute Gasteiger partial charge is 0.169 e. The number of halogens is 3. The summed E-state index contributed by atoms with van der Waals surface area (Å²) in [6.07, 6.45) is 1.04. The first-order valence-electron chi connectivity index (χ1n) is 6.05. The zero-order chi connectivity index (χ0) is 13.8. The molecule has 0 fully saturated rings. The zero-order valence-electron chi connectivity index (χ0n) is 10.4. The van der Waals surface area contributed by atoms with Gasteiger partial charge in [-0.1, -0.05) is 36.2 Å². The Morgan fingerprint density at radius 2 is 2.00 bits per heavy atom. The third kappa shape index (κ3) is 3.76. The summed E-state index contributed by atoms with van der Waals surface area (Å²) in [7, 11) is 0. The van der Waals surface area contributed by atoms with Crippen LogP contribution >= 0.6 is 39.1 Å². The quantitative estimate of drug-likeness (QED) is 0.766. The molecule has 0 amide bonds. The maximum atomic E-state index is 6.09. The van der Waals surface area contributed by atoms with Gasteiger partial charge in [-0.05, 0) is 58.7 Å². The van der Waals surface area contributed by atoms with E-state index in [0.29, 0.717) is 14.7 Å². The number of hydrogen-bond donors (Lipinski definition) is 1. The summed E-state index contributed by atoms with van der Waals surface area (Å²) >= 11 is 15.4. The molecule has 1 N–H and O–H groups in total. The predicted molar refractivity (Wildman–Crippen MR) is 83.0 cm³/mol. The zero-order valence-corrected chi connectivity index (χ0v) is 13.5. The maximum absolute atomic E-state index is 6.09. The van der Waals surface area contributed by atoms with Gasteiger partial charge in [-0.15, -0.1) is 0 Å². The molecule has 2 rings (SSSR count). The Morgan fingerprint density at radius 1 is 1.21 bits per heavy atom. The number of furan rings is 1. The molecular weight excluding hydrogens is 349 g/mol. The van der Waals surface area contributed by atoms with Crippen LogP contribution in [0.5, 0.6) is 0 Å². The number of nitrogens with one attached hydrogen (secondary N) is 1. The van der Waals surface area contributed by atoms with Gasteiger partial charge in [0.05, 0.1) is 16.1 Å². The lowest BCUT2D eigenvalue weighted by atomic mass is 10.0. The fraction of sp³-hybridized carbons (Fsp3) is 0.286. The molecule has 0 spiro atoms. The van der Waals surface area contributed by atoms with Gasteiger partial charge in [-0.2, -0.15) is 0 Å². The highest BCUT2D eigenvalue weighted by molar-refractivity contribution is 9.10. The Morgan fingerprint density at radius 3 is 2.58 bits per heavy atom. The van der Waals surface area contributed by atoms with E-state index in [1.54, 1.807) is 6.07 Å². The van der Waals surface area contributed by atoms with Crippen LogP contribution in [0.2, 0.25) is 10.0 Å². The van der Waals surface area contributed by atoms with Crippen molar-refractivity contribution in [2.75, 3.05) is 6.54 Å². The molecule has 0 saturated heterocycles. The van der Waals surface area contributed by atoms with E-state index in [0.717, 1.165) is 24.3 Å². The lowest BCUT2D eigenvalue weighted by molar-refractivity contribution is 0.433. The Balaban J connectivity index is 2.33. The van der Waals surface area contributed by atoms with Crippen molar-refractivity contribution in [3.8, 4) is 0 Å². The van der Waals surface area contributed by atoms with Crippen LogP contribution in [-0.4, -0.2) is 6.54 Å². The van der Waals surface area contributed by atoms with Crippen LogP contribution in [0.3, 0.4) is 0 Å². The molecule has 0 aliphatic rings. The van der Waals surface area contributed by atoms with Gasteiger partial charge in [0.1, 0.15) is 5.76 Å². The Hall–Kier alpha value is -0.480. The second kappa shape index (κ2) is 6.80. The van der Waals surface area contributed by atoms with Crippen molar-refractivity contribution in [1.82, 2.24) is 5.32 Å². The van der Waals surface area contributed by atoms with Crippen molar-refractivity contribution in [2.24, 2.45) is 0 Å². The third-order valence-corrected chi connectivity index (χ3v) is 3.92. The summed E-state index contributed by atoms with van der Waals surface area (Å²) in [5, 5.41) is 4.55. The highest BCUT2D eigenvalue weighted by Gasteiger charge is 2.18. The van der Waals surface area contributed by atoms with Crippen molar-refractivity contribution in [3.05, 3.63) is 56.4 Å². The van der Waals surface area contributed by atoms with Crippen LogP contribution in [0.4, 0.5) is 0 Å². The van der Waals surface area contributed by atoms with E-state index in [2.05, 4.69) is 28.2 Å². The molecule has 1 unspecified atom stereocenters. The fourth-order valence-corrected chi connectivity index (χ4v) is 2.47. The Labute approximate surface area is 131 Å². The highest BCUT2D eigenvalue weighted by atomic mass is 79.9. The highest BCUT2D eigenvalue weighted by Crippen LogP contribution is 2.30. The summed E-state index contributed by atoms with van der Waals surface area (Å²) in [5.74, 6) is 0.846. The Kier molecular flexibility index (Phi) is 5.34. The molecule has 0 aliphatic heterocycles. The van der Waals surface area contributed by atoms with Gasteiger partial charge in [-0.3, -0.25) is 0 Å². The van der Waals surface area contributed by atoms with Crippen molar-refractivity contribution in [2.45, 2.75) is 19.4 Å². The summed E-state index contributed by atoms with van der Waals surface area (Å²) in [6.45, 7) is 3.01. The summed E-state index contributed by atoms with van der Waals surface area (Å²) in [5.41, 5.74) is 1.03. The van der Waals surface area contributed by atoms with Crippen molar-refractivity contribution in [3.63, 3.8) is 0 Å². The first-order valence-corrected chi connectivity index (χ1v) is 7.60. The lowest BCUT2D eigenvalue weighted by Gasteiger charge is -2.17. The topological polar surface area (TPSA) is 25.2 Å². The molecule has 0 bridgehead atoms. The molecule has 0 aliphatic carbocycles. The SMILES string of the molecule is CCCNC(c1ccc(Cl)c(Cl)c1)c1ccc(Br)o1. The molecule has 1 aromatic carbocycles. The molecule has 1 aromatic heterocycles. The van der Waals surface area contributed by atoms with Crippen LogP contribution in [0.15, 0.2) is 39.4 Å². The van der Waals surface area contributed by atoms with Crippen molar-refractivity contribution >= 4 is 39.1 Å². The molecular formula is C14H14BrCl2NO. The normalized spacial score (nSPS) is 12.6. The minimum Gasteiger partial charge on any atom is -0.452 e. The monoisotopic (exact) mass is 361 g/mol. The van der Waals surface area contributed by atoms with Crippen molar-refractivity contribution < 1.29 is 4.42 Å². The minimum absolute atomic E-state index is 0.0268. The van der Waals surface area contributed by atoms with Gasteiger partial charge in [0.25, 0.3) is 0 Å². The predicted octanol–water partition coefficient (Wildman–Crippen LogP) is 5.44. The number of hydrogen-bond acceptors (Lipinski definition) is 2. The summed E-state index contributed by atoms with van der Waals surface area (Å²) < 4.78 is 6.36. The Bertz CT molecular complexity index is 556. The number of benzene rings is 1. The first-order chi connectivity index (χ1) is 9.11. The molecule has 1 atom stereocenters. The average molecular weight is 363 g/mol. The molecule has 0 saturated carbocycles. The molecule has 102 valence electrons. The van der Waals surface area contributed by atoms with E-state index in [1.807, 2.05) is 24.3 Å². The third-order valence-electron chi connectivity index (χ3n) is 2.75. The van der Waals surface area contributed by atoms with Gasteiger partial charge >= 0.3 is 0 Å². The lowest BCUT2D eigenvalue weighted by Crippen LogP contribution is -2.22. The van der Waals surface area contributed by atoms with E-state index in [9.17, 15) is 0 Å². The maximum Gasteiger partial charge on any atom is 0.169 e. The molecule has 2 nitrogen and oxygen atoms in total. The van der Waals surface area contributed by atoms with Gasteiger partial charge < -0.3 is 9.73 Å². The van der Waals surface area contributed by atoms with Crippen LogP contribution < -0.4 is 5.32 Å². The van der Waals surface area contributed by atoms with Crippen LogP contribution in [0.1, 0.15) is 30.7 Å². The molecule has 0 radical (unpaired) electrons. The molecule has 5 heteroatoms. The first kappa shape index (κ1) is 14.9. The summed E-state index contributed by atoms with van der Waals surface area (Å²) in [4.78, 5) is 0. The largest absolute Gasteiger partial charge is 0.452 e. The molecule has 2 aromatic rings. The van der Waals surface area contributed by atoms with Crippen LogP contribution in [-0.2, 0) is 0 Å². The summed E-state index contributed by atoms with van der Waals surface area (Å²) in [6, 6.07) is 9.43. The van der Waals surface area contributed by atoms with Gasteiger partial charge in [0.2, 0.25) is 0 Å². The molecule has 1 heterocycles. The van der Waals surface area contributed by atoms with Crippen molar-refractivity contribution in [1.29, 1.82) is 0 Å². The van der Waals surface area contributed by atoms with E-state index in [1.165, 1.54) is 0 Å². The second-order valence-electron chi connectivity index (χ2n) is 4.20. The number of rotatable bonds is 5. The van der Waals surface area contributed by atoms with E-state index in [-0.39, 0.29) is 6.04 Å². The minimum atomic E-state index is -0.0268. The van der Waals surface area contributed by atoms with Gasteiger partial charge in [0.15, 0.2) is 4.67 Å². The van der Waals surface area contributed by atoms with E-state index in [4.69, 9.17) is 27.6 Å². The second-order valence-corrected chi connectivity index (χ2v) is 5.80. The fourth-order valence-electron chi connectivity index (χ4n) is 1.85. The van der Waals surface area contributed by atoms with Gasteiger partial charge in [-0.25, -0.2) is 0 Å².